The molecule has 0 aliphatic carbocycles. The van der Waals surface area contributed by atoms with Crippen molar-refractivity contribution in [3.8, 4) is 0 Å². The van der Waals surface area contributed by atoms with Gasteiger partial charge in [-0.2, -0.15) is 0 Å². The van der Waals surface area contributed by atoms with Gasteiger partial charge in [-0.3, -0.25) is 0 Å². The number of aryl methyl sites for hydroxylation is 2. The zero-order valence-corrected chi connectivity index (χ0v) is 16.3. The van der Waals surface area contributed by atoms with Crippen molar-refractivity contribution >= 4 is 17.3 Å². The fraction of sp³-hybridized carbons (Fsp3) is 0.273. The quantitative estimate of drug-likeness (QED) is 0.538. The molecule has 0 atom stereocenters. The van der Waals surface area contributed by atoms with Gasteiger partial charge in [0, 0.05) is 13.0 Å². The molecular formula is C22H24N2O2S. The van der Waals surface area contributed by atoms with E-state index in [1.165, 1.54) is 28.0 Å². The van der Waals surface area contributed by atoms with E-state index < -0.39 is 5.97 Å². The molecule has 5 heteroatoms. The molecule has 3 rings (SSSR count). The van der Waals surface area contributed by atoms with E-state index in [-0.39, 0.29) is 0 Å². The summed E-state index contributed by atoms with van der Waals surface area (Å²) in [7, 11) is 0. The number of aromatic carboxylic acids is 1. The normalized spacial score (nSPS) is 10.9. The highest BCUT2D eigenvalue weighted by Gasteiger charge is 2.13. The number of hydrogen-bond acceptors (Lipinski definition) is 4. The third-order valence-electron chi connectivity index (χ3n) is 4.38. The number of carboxylic acids is 1. The Balaban J connectivity index is 1.39. The number of hydrogen-bond donors (Lipinski definition) is 2. The standard InChI is InChI=1S/C22H24N2O2S/c1-16-21(22(25)26)27-20(24-16)8-5-13-23-15-19-11-9-18(10-12-19)14-17-6-3-2-4-7-17/h2-4,6-7,9-12,23H,5,8,13-15H2,1H3,(H,25,26). The summed E-state index contributed by atoms with van der Waals surface area (Å²) in [5.41, 5.74) is 4.53. The van der Waals surface area contributed by atoms with Gasteiger partial charge in [-0.25, -0.2) is 9.78 Å². The van der Waals surface area contributed by atoms with Gasteiger partial charge in [0.2, 0.25) is 0 Å². The molecule has 0 aliphatic rings. The maximum atomic E-state index is 11.1. The Bertz CT molecular complexity index is 873. The van der Waals surface area contributed by atoms with Crippen LogP contribution in [0, 0.1) is 6.92 Å². The van der Waals surface area contributed by atoms with Gasteiger partial charge in [-0.15, -0.1) is 11.3 Å². The summed E-state index contributed by atoms with van der Waals surface area (Å²) < 4.78 is 0. The van der Waals surface area contributed by atoms with Crippen LogP contribution in [0.25, 0.3) is 0 Å². The van der Waals surface area contributed by atoms with Crippen molar-refractivity contribution < 1.29 is 9.90 Å². The first-order chi connectivity index (χ1) is 13.1. The van der Waals surface area contributed by atoms with Crippen molar-refractivity contribution in [2.75, 3.05) is 6.54 Å². The van der Waals surface area contributed by atoms with Crippen LogP contribution < -0.4 is 5.32 Å². The second-order valence-electron chi connectivity index (χ2n) is 6.59. The molecule has 1 heterocycles. The van der Waals surface area contributed by atoms with Crippen LogP contribution in [-0.2, 0) is 19.4 Å². The lowest BCUT2D eigenvalue weighted by Gasteiger charge is -2.06. The number of carbonyl (C=O) groups is 1. The Morgan fingerprint density at radius 2 is 1.70 bits per heavy atom. The van der Waals surface area contributed by atoms with E-state index in [9.17, 15) is 4.79 Å². The Hall–Kier alpha value is -2.50. The highest BCUT2D eigenvalue weighted by Crippen LogP contribution is 2.19. The number of rotatable bonds is 9. The number of nitrogens with one attached hydrogen (secondary N) is 1. The van der Waals surface area contributed by atoms with E-state index in [1.807, 2.05) is 6.07 Å². The highest BCUT2D eigenvalue weighted by molar-refractivity contribution is 7.13. The lowest BCUT2D eigenvalue weighted by Crippen LogP contribution is -2.15. The molecule has 0 radical (unpaired) electrons. The van der Waals surface area contributed by atoms with Gasteiger partial charge in [0.15, 0.2) is 0 Å². The Morgan fingerprint density at radius 1 is 1.04 bits per heavy atom. The highest BCUT2D eigenvalue weighted by atomic mass is 32.1. The second kappa shape index (κ2) is 9.44. The zero-order chi connectivity index (χ0) is 19.1. The van der Waals surface area contributed by atoms with Crippen LogP contribution in [0.3, 0.4) is 0 Å². The molecule has 27 heavy (non-hydrogen) atoms. The number of benzene rings is 2. The minimum absolute atomic E-state index is 0.355. The third kappa shape index (κ3) is 5.74. The molecule has 4 nitrogen and oxygen atoms in total. The Morgan fingerprint density at radius 3 is 2.37 bits per heavy atom. The molecule has 0 bridgehead atoms. The fourth-order valence-electron chi connectivity index (χ4n) is 2.96. The van der Waals surface area contributed by atoms with Crippen molar-refractivity contribution in [2.24, 2.45) is 0 Å². The first-order valence-electron chi connectivity index (χ1n) is 9.14. The predicted molar refractivity (Wildman–Crippen MR) is 110 cm³/mol. The lowest BCUT2D eigenvalue weighted by atomic mass is 10.0. The molecule has 1 aromatic heterocycles. The molecular weight excluding hydrogens is 356 g/mol. The Labute approximate surface area is 163 Å². The van der Waals surface area contributed by atoms with E-state index in [2.05, 4.69) is 58.8 Å². The minimum Gasteiger partial charge on any atom is -0.477 e. The fourth-order valence-corrected chi connectivity index (χ4v) is 3.91. The van der Waals surface area contributed by atoms with Gasteiger partial charge >= 0.3 is 5.97 Å². The van der Waals surface area contributed by atoms with E-state index in [1.54, 1.807) is 6.92 Å². The van der Waals surface area contributed by atoms with Crippen LogP contribution in [0.4, 0.5) is 0 Å². The summed E-state index contributed by atoms with van der Waals surface area (Å²) in [6.45, 7) is 3.47. The van der Waals surface area contributed by atoms with Crippen LogP contribution in [0.2, 0.25) is 0 Å². The molecule has 0 fully saturated rings. The van der Waals surface area contributed by atoms with Crippen molar-refractivity contribution in [3.63, 3.8) is 0 Å². The van der Waals surface area contributed by atoms with E-state index >= 15 is 0 Å². The summed E-state index contributed by atoms with van der Waals surface area (Å²) >= 11 is 1.29. The maximum absolute atomic E-state index is 11.1. The number of thiazole rings is 1. The molecule has 0 saturated carbocycles. The summed E-state index contributed by atoms with van der Waals surface area (Å²) in [5, 5.41) is 13.4. The summed E-state index contributed by atoms with van der Waals surface area (Å²) in [6.07, 6.45) is 2.71. The first kappa shape index (κ1) is 19.3. The molecule has 3 aromatic rings. The van der Waals surface area contributed by atoms with Gasteiger partial charge < -0.3 is 10.4 Å². The second-order valence-corrected chi connectivity index (χ2v) is 7.67. The first-order valence-corrected chi connectivity index (χ1v) is 9.95. The van der Waals surface area contributed by atoms with Crippen molar-refractivity contribution in [1.29, 1.82) is 0 Å². The largest absolute Gasteiger partial charge is 0.477 e. The van der Waals surface area contributed by atoms with Gasteiger partial charge in [0.1, 0.15) is 4.88 Å². The molecule has 0 amide bonds. The maximum Gasteiger partial charge on any atom is 0.347 e. The molecule has 0 spiro atoms. The van der Waals surface area contributed by atoms with Crippen LogP contribution >= 0.6 is 11.3 Å². The van der Waals surface area contributed by atoms with Crippen LogP contribution in [0.1, 0.15) is 43.5 Å². The predicted octanol–water partition coefficient (Wildman–Crippen LogP) is 4.46. The zero-order valence-electron chi connectivity index (χ0n) is 15.4. The van der Waals surface area contributed by atoms with Crippen LogP contribution in [0.15, 0.2) is 54.6 Å². The molecule has 0 aliphatic heterocycles. The van der Waals surface area contributed by atoms with E-state index in [0.29, 0.717) is 10.6 Å². The van der Waals surface area contributed by atoms with Gasteiger partial charge in [0.05, 0.1) is 10.7 Å². The minimum atomic E-state index is -0.884. The van der Waals surface area contributed by atoms with Crippen LogP contribution in [0.5, 0.6) is 0 Å². The average molecular weight is 381 g/mol. The smallest absolute Gasteiger partial charge is 0.347 e. The summed E-state index contributed by atoms with van der Waals surface area (Å²) in [6, 6.07) is 19.2. The lowest BCUT2D eigenvalue weighted by molar-refractivity contribution is 0.0701. The molecule has 0 saturated heterocycles. The SMILES string of the molecule is Cc1nc(CCCNCc2ccc(Cc3ccccc3)cc2)sc1C(=O)O. The summed E-state index contributed by atoms with van der Waals surface area (Å²) in [4.78, 5) is 15.7. The van der Waals surface area contributed by atoms with Crippen molar-refractivity contribution in [2.45, 2.75) is 32.7 Å². The van der Waals surface area contributed by atoms with E-state index in [0.717, 1.165) is 37.4 Å². The van der Waals surface area contributed by atoms with Crippen molar-refractivity contribution in [1.82, 2.24) is 10.3 Å². The number of aromatic nitrogens is 1. The van der Waals surface area contributed by atoms with Crippen molar-refractivity contribution in [3.05, 3.63) is 86.9 Å². The van der Waals surface area contributed by atoms with Gasteiger partial charge in [0.25, 0.3) is 0 Å². The molecule has 2 aromatic carbocycles. The Kier molecular flexibility index (Phi) is 6.74. The van der Waals surface area contributed by atoms with Gasteiger partial charge in [-0.05, 0) is 43.0 Å². The van der Waals surface area contributed by atoms with E-state index in [4.69, 9.17) is 5.11 Å². The molecule has 2 N–H and O–H groups in total. The number of carboxylic acid groups (broad SMARTS) is 1. The topological polar surface area (TPSA) is 62.2 Å². The van der Waals surface area contributed by atoms with Crippen LogP contribution in [-0.4, -0.2) is 22.6 Å². The molecule has 140 valence electrons. The third-order valence-corrected chi connectivity index (χ3v) is 5.59. The number of nitrogens with zero attached hydrogens (tertiary/aromatic N) is 1. The van der Waals surface area contributed by atoms with Gasteiger partial charge in [-0.1, -0.05) is 54.6 Å². The monoisotopic (exact) mass is 380 g/mol. The average Bonchev–Trinajstić information content (AvgIpc) is 3.04. The molecule has 0 unspecified atom stereocenters. The summed E-state index contributed by atoms with van der Waals surface area (Å²) in [5.74, 6) is -0.884.